The lowest BCUT2D eigenvalue weighted by Gasteiger charge is -2.51. The number of quaternary nitrogens is 1. The van der Waals surface area contributed by atoms with E-state index in [9.17, 15) is 9.90 Å². The average Bonchev–Trinajstić information content (AvgIpc) is 2.75. The van der Waals surface area contributed by atoms with Crippen LogP contribution in [0.15, 0.2) is 60.7 Å². The van der Waals surface area contributed by atoms with Gasteiger partial charge in [-0.1, -0.05) is 60.7 Å². The zero-order valence-electron chi connectivity index (χ0n) is 16.0. The van der Waals surface area contributed by atoms with Gasteiger partial charge in [0.1, 0.15) is 13.1 Å². The summed E-state index contributed by atoms with van der Waals surface area (Å²) in [7, 11) is 0. The molecule has 0 aromatic heterocycles. The number of rotatable bonds is 5. The van der Waals surface area contributed by atoms with Gasteiger partial charge in [-0.05, 0) is 17.0 Å². The summed E-state index contributed by atoms with van der Waals surface area (Å²) in [6, 6.07) is 18.0. The summed E-state index contributed by atoms with van der Waals surface area (Å²) in [5.74, 6) is 2.53. The highest BCUT2D eigenvalue weighted by Crippen LogP contribution is 2.38. The second-order valence-corrected chi connectivity index (χ2v) is 8.06. The van der Waals surface area contributed by atoms with Gasteiger partial charge in [-0.3, -0.25) is 0 Å². The first kappa shape index (κ1) is 18.7. The van der Waals surface area contributed by atoms with Crippen molar-refractivity contribution in [3.63, 3.8) is 0 Å². The number of carbonyl (C=O) groups excluding carboxylic acids is 1. The molecule has 3 aliphatic rings. The van der Waals surface area contributed by atoms with Gasteiger partial charge in [0.05, 0.1) is 13.1 Å². The van der Waals surface area contributed by atoms with Gasteiger partial charge in [0.15, 0.2) is 6.10 Å². The molecule has 1 N–H and O–H groups in total. The van der Waals surface area contributed by atoms with Crippen LogP contribution in [0.5, 0.6) is 0 Å². The highest BCUT2D eigenvalue weighted by molar-refractivity contribution is 5.85. The molecule has 3 aliphatic heterocycles. The second-order valence-electron chi connectivity index (χ2n) is 8.06. The van der Waals surface area contributed by atoms with E-state index in [-0.39, 0.29) is 6.10 Å². The van der Waals surface area contributed by atoms with Gasteiger partial charge in [0.2, 0.25) is 5.60 Å². The number of terminal acetylenes is 1. The van der Waals surface area contributed by atoms with Crippen LogP contribution in [0.1, 0.15) is 24.0 Å². The quantitative estimate of drug-likeness (QED) is 0.496. The summed E-state index contributed by atoms with van der Waals surface area (Å²) in [6.45, 7) is 3.50. The van der Waals surface area contributed by atoms with E-state index in [1.165, 1.54) is 0 Å². The molecule has 0 saturated carbocycles. The minimum absolute atomic E-state index is 0.206. The average molecular weight is 376 g/mol. The van der Waals surface area contributed by atoms with Crippen molar-refractivity contribution in [1.82, 2.24) is 0 Å². The highest BCUT2D eigenvalue weighted by Gasteiger charge is 2.50. The van der Waals surface area contributed by atoms with Gasteiger partial charge in [0, 0.05) is 18.8 Å². The Hall–Kier alpha value is -2.61. The predicted molar refractivity (Wildman–Crippen MR) is 107 cm³/mol. The summed E-state index contributed by atoms with van der Waals surface area (Å²) in [5, 5.41) is 11.6. The first-order valence-electron chi connectivity index (χ1n) is 9.90. The van der Waals surface area contributed by atoms with Gasteiger partial charge in [0.25, 0.3) is 0 Å². The van der Waals surface area contributed by atoms with Crippen LogP contribution in [0.25, 0.3) is 0 Å². The highest BCUT2D eigenvalue weighted by atomic mass is 16.6. The maximum absolute atomic E-state index is 13.4. The SMILES string of the molecule is C#CC[N+]12CCC(CC1)[C@@H](OC(=O)C(O)(c1ccccc1)c1ccccc1)C2. The molecule has 2 bridgehead atoms. The lowest BCUT2D eigenvalue weighted by Crippen LogP contribution is -2.64. The van der Waals surface area contributed by atoms with Crippen LogP contribution in [0.4, 0.5) is 0 Å². The van der Waals surface area contributed by atoms with Crippen molar-refractivity contribution in [2.24, 2.45) is 5.92 Å². The largest absolute Gasteiger partial charge is 0.453 e. The molecule has 5 rings (SSSR count). The minimum atomic E-state index is -1.83. The van der Waals surface area contributed by atoms with Crippen molar-refractivity contribution in [1.29, 1.82) is 0 Å². The topological polar surface area (TPSA) is 46.5 Å². The van der Waals surface area contributed by atoms with Crippen LogP contribution >= 0.6 is 0 Å². The fraction of sp³-hybridized carbons (Fsp3) is 0.375. The maximum atomic E-state index is 13.4. The maximum Gasteiger partial charge on any atom is 0.348 e. The number of carbonyl (C=O) groups is 1. The molecule has 2 aromatic carbocycles. The molecule has 0 unspecified atom stereocenters. The van der Waals surface area contributed by atoms with Gasteiger partial charge < -0.3 is 14.3 Å². The zero-order chi connectivity index (χ0) is 19.6. The third-order valence-corrected chi connectivity index (χ3v) is 6.41. The molecule has 1 atom stereocenters. The van der Waals surface area contributed by atoms with E-state index in [1.54, 1.807) is 24.3 Å². The molecular formula is C24H26NO3+. The van der Waals surface area contributed by atoms with Crippen molar-refractivity contribution in [3.05, 3.63) is 71.8 Å². The van der Waals surface area contributed by atoms with Gasteiger partial charge >= 0.3 is 5.97 Å². The fourth-order valence-corrected chi connectivity index (χ4v) is 4.75. The van der Waals surface area contributed by atoms with Crippen LogP contribution in [0.3, 0.4) is 0 Å². The van der Waals surface area contributed by atoms with Gasteiger partial charge in [-0.2, -0.15) is 0 Å². The first-order chi connectivity index (χ1) is 13.6. The van der Waals surface area contributed by atoms with E-state index in [0.29, 0.717) is 23.6 Å². The fourth-order valence-electron chi connectivity index (χ4n) is 4.75. The molecule has 0 radical (unpaired) electrons. The number of piperidine rings is 3. The second kappa shape index (κ2) is 7.43. The molecule has 2 aromatic rings. The molecule has 3 heterocycles. The number of hydrogen-bond acceptors (Lipinski definition) is 3. The smallest absolute Gasteiger partial charge is 0.348 e. The lowest BCUT2D eigenvalue weighted by atomic mass is 9.82. The van der Waals surface area contributed by atoms with Crippen LogP contribution in [0.2, 0.25) is 0 Å². The summed E-state index contributed by atoms with van der Waals surface area (Å²) >= 11 is 0. The van der Waals surface area contributed by atoms with Crippen LogP contribution in [-0.4, -0.2) is 47.8 Å². The molecule has 28 heavy (non-hydrogen) atoms. The summed E-state index contributed by atoms with van der Waals surface area (Å²) < 4.78 is 6.82. The molecule has 4 heteroatoms. The standard InChI is InChI=1S/C24H26NO3/c1-2-15-25-16-13-19(14-17-25)22(18-25)28-23(26)24(27,20-9-5-3-6-10-20)21-11-7-4-8-12-21/h1,3-12,19,22,27H,13-18H2/q+1/t19?,22-,25?/m0/s1. The Morgan fingerprint density at radius 1 is 1.07 bits per heavy atom. The van der Waals surface area contributed by atoms with E-state index >= 15 is 0 Å². The van der Waals surface area contributed by atoms with Crippen LogP contribution in [-0.2, 0) is 15.1 Å². The molecular weight excluding hydrogens is 350 g/mol. The number of benzene rings is 2. The van der Waals surface area contributed by atoms with E-state index in [2.05, 4.69) is 5.92 Å². The number of esters is 1. The van der Waals surface area contributed by atoms with Crippen LogP contribution < -0.4 is 0 Å². The number of fused-ring (bicyclic) bond motifs is 3. The van der Waals surface area contributed by atoms with Gasteiger partial charge in [-0.25, -0.2) is 4.79 Å². The van der Waals surface area contributed by atoms with E-state index in [4.69, 9.17) is 11.2 Å². The Labute approximate surface area is 166 Å². The van der Waals surface area contributed by atoms with Crippen molar-refractivity contribution < 1.29 is 19.1 Å². The normalized spacial score (nSPS) is 26.4. The Morgan fingerprint density at radius 3 is 2.11 bits per heavy atom. The predicted octanol–water partition coefficient (Wildman–Crippen LogP) is 2.71. The molecule has 3 saturated heterocycles. The van der Waals surface area contributed by atoms with Gasteiger partial charge in [-0.15, -0.1) is 6.42 Å². The third-order valence-electron chi connectivity index (χ3n) is 6.41. The Bertz CT molecular complexity index is 824. The monoisotopic (exact) mass is 376 g/mol. The van der Waals surface area contributed by atoms with Crippen molar-refractivity contribution in [3.8, 4) is 12.3 Å². The zero-order valence-corrected chi connectivity index (χ0v) is 16.0. The summed E-state index contributed by atoms with van der Waals surface area (Å²) in [5.41, 5.74) is -0.800. The van der Waals surface area contributed by atoms with Crippen molar-refractivity contribution in [2.45, 2.75) is 24.5 Å². The number of aliphatic hydroxyl groups is 1. The first-order valence-corrected chi connectivity index (χ1v) is 9.90. The minimum Gasteiger partial charge on any atom is -0.453 e. The Balaban J connectivity index is 1.63. The summed E-state index contributed by atoms with van der Waals surface area (Å²) in [4.78, 5) is 13.4. The Morgan fingerprint density at radius 2 is 1.61 bits per heavy atom. The molecule has 0 aliphatic carbocycles. The van der Waals surface area contributed by atoms with E-state index in [0.717, 1.165) is 37.0 Å². The molecule has 4 nitrogen and oxygen atoms in total. The number of nitrogens with zero attached hydrogens (tertiary/aromatic N) is 1. The molecule has 0 spiro atoms. The van der Waals surface area contributed by atoms with Crippen molar-refractivity contribution in [2.75, 3.05) is 26.2 Å². The third kappa shape index (κ3) is 3.22. The van der Waals surface area contributed by atoms with Crippen molar-refractivity contribution >= 4 is 5.97 Å². The molecule has 0 amide bonds. The lowest BCUT2D eigenvalue weighted by molar-refractivity contribution is -0.939. The van der Waals surface area contributed by atoms with E-state index < -0.39 is 11.6 Å². The molecule has 144 valence electrons. The Kier molecular flexibility index (Phi) is 4.97. The number of ether oxygens (including phenoxy) is 1. The van der Waals surface area contributed by atoms with E-state index in [1.807, 2.05) is 36.4 Å². The van der Waals surface area contributed by atoms with Crippen LogP contribution in [0, 0.1) is 18.3 Å². The number of hydrogen-bond donors (Lipinski definition) is 1. The molecule has 3 fully saturated rings. The summed E-state index contributed by atoms with van der Waals surface area (Å²) in [6.07, 6.45) is 7.40.